The van der Waals surface area contributed by atoms with Crippen LogP contribution in [0.5, 0.6) is 0 Å². The number of carbonyl (C=O) groups is 1. The van der Waals surface area contributed by atoms with Crippen LogP contribution in [-0.4, -0.2) is 20.5 Å². The van der Waals surface area contributed by atoms with Gasteiger partial charge in [-0.25, -0.2) is 9.50 Å². The minimum absolute atomic E-state index is 0.0166. The minimum atomic E-state index is 0.0166. The Morgan fingerprint density at radius 3 is 2.78 bits per heavy atom. The zero-order chi connectivity index (χ0) is 19.0. The summed E-state index contributed by atoms with van der Waals surface area (Å²) >= 11 is 6.21. The molecule has 140 valence electrons. The molecule has 0 saturated heterocycles. The van der Waals surface area contributed by atoms with Crippen LogP contribution >= 0.6 is 11.6 Å². The van der Waals surface area contributed by atoms with Gasteiger partial charge in [0.15, 0.2) is 11.5 Å². The van der Waals surface area contributed by atoms with Crippen LogP contribution in [-0.2, 0) is 4.79 Å². The number of benzene rings is 1. The van der Waals surface area contributed by atoms with Gasteiger partial charge in [-0.15, -0.1) is 5.10 Å². The van der Waals surface area contributed by atoms with Crippen molar-refractivity contribution in [2.45, 2.75) is 46.0 Å². The van der Waals surface area contributed by atoms with Crippen LogP contribution in [0.15, 0.2) is 30.3 Å². The number of amides is 1. The lowest BCUT2D eigenvalue weighted by Crippen LogP contribution is -2.16. The molecule has 0 radical (unpaired) electrons. The molecule has 5 nitrogen and oxygen atoms in total. The minimum Gasteiger partial charge on any atom is -0.309 e. The summed E-state index contributed by atoms with van der Waals surface area (Å²) < 4.78 is 1.79. The first-order chi connectivity index (χ1) is 13.0. The summed E-state index contributed by atoms with van der Waals surface area (Å²) in [6.45, 7) is 3.95. The highest BCUT2D eigenvalue weighted by molar-refractivity contribution is 6.30. The normalized spacial score (nSPS) is 14.8. The molecule has 1 aliphatic rings. The van der Waals surface area contributed by atoms with Crippen molar-refractivity contribution < 1.29 is 4.79 Å². The predicted molar refractivity (Wildman–Crippen MR) is 108 cm³/mol. The largest absolute Gasteiger partial charge is 0.309 e. The molecule has 27 heavy (non-hydrogen) atoms. The van der Waals surface area contributed by atoms with Crippen molar-refractivity contribution in [1.82, 2.24) is 14.6 Å². The number of anilines is 1. The van der Waals surface area contributed by atoms with E-state index in [1.165, 1.54) is 12.8 Å². The van der Waals surface area contributed by atoms with Gasteiger partial charge in [-0.05, 0) is 56.4 Å². The van der Waals surface area contributed by atoms with Crippen LogP contribution in [0, 0.1) is 19.8 Å². The molecule has 6 heteroatoms. The van der Waals surface area contributed by atoms with E-state index in [1.807, 2.05) is 44.2 Å². The Kier molecular flexibility index (Phi) is 4.87. The van der Waals surface area contributed by atoms with Crippen molar-refractivity contribution in [3.63, 3.8) is 0 Å². The number of nitrogens with one attached hydrogen (secondary N) is 1. The molecule has 1 fully saturated rings. The average Bonchev–Trinajstić information content (AvgIpc) is 3.22. The summed E-state index contributed by atoms with van der Waals surface area (Å²) in [5, 5.41) is 8.33. The lowest BCUT2D eigenvalue weighted by atomic mass is 10.0. The summed E-state index contributed by atoms with van der Waals surface area (Å²) in [6, 6.07) is 9.55. The Hall–Kier alpha value is -2.40. The lowest BCUT2D eigenvalue weighted by molar-refractivity contribution is -0.117. The molecule has 3 aromatic rings. The Bertz CT molecular complexity index is 1000. The molecular weight excluding hydrogens is 360 g/mol. The van der Waals surface area contributed by atoms with Crippen LogP contribution in [0.2, 0.25) is 5.02 Å². The summed E-state index contributed by atoms with van der Waals surface area (Å²) in [7, 11) is 0. The molecule has 1 aliphatic carbocycles. The fourth-order valence-corrected chi connectivity index (χ4v) is 4.17. The van der Waals surface area contributed by atoms with Crippen molar-refractivity contribution in [3.05, 3.63) is 46.7 Å². The van der Waals surface area contributed by atoms with Gasteiger partial charge in [-0.2, -0.15) is 0 Å². The number of aryl methyl sites for hydroxylation is 2. The molecule has 1 N–H and O–H groups in total. The Morgan fingerprint density at radius 1 is 1.26 bits per heavy atom. The van der Waals surface area contributed by atoms with Crippen molar-refractivity contribution >= 4 is 29.0 Å². The maximum absolute atomic E-state index is 12.6. The maximum atomic E-state index is 12.6. The quantitative estimate of drug-likeness (QED) is 0.675. The van der Waals surface area contributed by atoms with Gasteiger partial charge in [-0.1, -0.05) is 36.6 Å². The Labute approximate surface area is 163 Å². The number of carbonyl (C=O) groups excluding carboxylic acids is 1. The summed E-state index contributed by atoms with van der Waals surface area (Å²) in [5.74, 6) is 1.04. The maximum Gasteiger partial charge on any atom is 0.225 e. The molecule has 0 aliphatic heterocycles. The van der Waals surface area contributed by atoms with E-state index in [0.29, 0.717) is 23.2 Å². The smallest absolute Gasteiger partial charge is 0.225 e. The van der Waals surface area contributed by atoms with E-state index in [2.05, 4.69) is 15.4 Å². The number of rotatable bonds is 4. The second-order valence-corrected chi connectivity index (χ2v) is 7.85. The van der Waals surface area contributed by atoms with Gasteiger partial charge in [0.05, 0.1) is 5.56 Å². The van der Waals surface area contributed by atoms with Gasteiger partial charge in [0.25, 0.3) is 0 Å². The van der Waals surface area contributed by atoms with Crippen LogP contribution in [0.1, 0.15) is 43.5 Å². The average molecular weight is 383 g/mol. The summed E-state index contributed by atoms with van der Waals surface area (Å²) in [6.07, 6.45) is 5.28. The van der Waals surface area contributed by atoms with Crippen LogP contribution in [0.4, 0.5) is 5.82 Å². The van der Waals surface area contributed by atoms with E-state index in [-0.39, 0.29) is 5.91 Å². The number of nitrogens with zero attached hydrogens (tertiary/aromatic N) is 3. The predicted octanol–water partition coefficient (Wildman–Crippen LogP) is 5.19. The number of hydrogen-bond acceptors (Lipinski definition) is 3. The Morgan fingerprint density at radius 2 is 2.04 bits per heavy atom. The highest BCUT2D eigenvalue weighted by Gasteiger charge is 2.22. The second-order valence-electron chi connectivity index (χ2n) is 7.41. The monoisotopic (exact) mass is 382 g/mol. The topological polar surface area (TPSA) is 59.3 Å². The number of fused-ring (bicyclic) bond motifs is 1. The third kappa shape index (κ3) is 3.69. The van der Waals surface area contributed by atoms with E-state index in [1.54, 1.807) is 4.52 Å². The molecule has 0 unspecified atom stereocenters. The Balaban J connectivity index is 1.77. The fraction of sp³-hybridized carbons (Fsp3) is 0.381. The summed E-state index contributed by atoms with van der Waals surface area (Å²) in [4.78, 5) is 17.3. The van der Waals surface area contributed by atoms with Crippen molar-refractivity contribution in [2.75, 3.05) is 5.32 Å². The van der Waals surface area contributed by atoms with Gasteiger partial charge in [-0.3, -0.25) is 4.79 Å². The van der Waals surface area contributed by atoms with Crippen molar-refractivity contribution in [1.29, 1.82) is 0 Å². The molecule has 1 saturated carbocycles. The highest BCUT2D eigenvalue weighted by Crippen LogP contribution is 2.34. The van der Waals surface area contributed by atoms with Gasteiger partial charge in [0, 0.05) is 22.8 Å². The van der Waals surface area contributed by atoms with Gasteiger partial charge < -0.3 is 5.32 Å². The molecular formula is C21H23ClN4O. The van der Waals surface area contributed by atoms with E-state index < -0.39 is 0 Å². The van der Waals surface area contributed by atoms with Crippen LogP contribution in [0.3, 0.4) is 0 Å². The van der Waals surface area contributed by atoms with Crippen molar-refractivity contribution in [3.8, 4) is 11.1 Å². The molecule has 1 aromatic carbocycles. The zero-order valence-corrected chi connectivity index (χ0v) is 16.4. The van der Waals surface area contributed by atoms with E-state index in [9.17, 15) is 4.79 Å². The molecule has 0 atom stereocenters. The van der Waals surface area contributed by atoms with Crippen LogP contribution < -0.4 is 5.32 Å². The third-order valence-corrected chi connectivity index (χ3v) is 5.45. The highest BCUT2D eigenvalue weighted by atomic mass is 35.5. The number of hydrogen-bond donors (Lipinski definition) is 1. The summed E-state index contributed by atoms with van der Waals surface area (Å²) in [5.41, 5.74) is 4.31. The second kappa shape index (κ2) is 7.31. The first-order valence-corrected chi connectivity index (χ1v) is 9.82. The fourth-order valence-electron chi connectivity index (χ4n) is 3.98. The van der Waals surface area contributed by atoms with Gasteiger partial charge in [0.2, 0.25) is 5.91 Å². The first kappa shape index (κ1) is 18.0. The van der Waals surface area contributed by atoms with Crippen molar-refractivity contribution in [2.24, 2.45) is 5.92 Å². The number of halogens is 1. The first-order valence-electron chi connectivity index (χ1n) is 9.44. The molecule has 0 bridgehead atoms. The van der Waals surface area contributed by atoms with E-state index in [0.717, 1.165) is 41.0 Å². The molecule has 2 aromatic heterocycles. The van der Waals surface area contributed by atoms with Gasteiger partial charge in [0.1, 0.15) is 0 Å². The third-order valence-electron chi connectivity index (χ3n) is 5.22. The van der Waals surface area contributed by atoms with E-state index >= 15 is 0 Å². The molecule has 4 rings (SSSR count). The van der Waals surface area contributed by atoms with Crippen LogP contribution in [0.25, 0.3) is 16.8 Å². The van der Waals surface area contributed by atoms with Gasteiger partial charge >= 0.3 is 0 Å². The standard InChI is InChI=1S/C21H23ClN4O/c1-13-10-14(2)26-21(23-13)19(16-8-5-9-17(22)12-16)20(25-26)24-18(27)11-15-6-3-4-7-15/h5,8-10,12,15H,3-4,6-7,11H2,1-2H3,(H,24,25,27). The SMILES string of the molecule is Cc1cc(C)n2nc(NC(=O)CC3CCCC3)c(-c3cccc(Cl)c3)c2n1. The van der Waals surface area contributed by atoms with E-state index in [4.69, 9.17) is 11.6 Å². The molecule has 2 heterocycles. The molecule has 1 amide bonds. The lowest BCUT2D eigenvalue weighted by Gasteiger charge is -2.09. The number of aromatic nitrogens is 3. The molecule has 0 spiro atoms. The zero-order valence-electron chi connectivity index (χ0n) is 15.6.